The zero-order valence-electron chi connectivity index (χ0n) is 11.5. The van der Waals surface area contributed by atoms with E-state index in [0.29, 0.717) is 11.1 Å². The number of aryl methyl sites for hydroxylation is 2. The molecular weight excluding hydrogens is 250 g/mol. The van der Waals surface area contributed by atoms with E-state index in [1.54, 1.807) is 17.1 Å². The van der Waals surface area contributed by atoms with Gasteiger partial charge in [-0.3, -0.25) is 14.5 Å². The maximum Gasteiger partial charge on any atom is 0.196 e. The van der Waals surface area contributed by atoms with Crippen LogP contribution in [0.4, 0.5) is 0 Å². The van der Waals surface area contributed by atoms with Crippen molar-refractivity contribution in [3.8, 4) is 0 Å². The number of ketones is 1. The lowest BCUT2D eigenvalue weighted by Crippen LogP contribution is -2.03. The number of benzene rings is 1. The monoisotopic (exact) mass is 265 g/mol. The van der Waals surface area contributed by atoms with Gasteiger partial charge in [0.05, 0.1) is 17.3 Å². The molecule has 3 rings (SSSR count). The highest BCUT2D eigenvalue weighted by Gasteiger charge is 2.15. The van der Waals surface area contributed by atoms with Crippen LogP contribution in [0.15, 0.2) is 42.7 Å². The molecule has 0 spiro atoms. The topological polar surface area (TPSA) is 47.8 Å². The van der Waals surface area contributed by atoms with E-state index in [1.165, 1.54) is 0 Å². The van der Waals surface area contributed by atoms with Crippen LogP contribution in [0.2, 0.25) is 0 Å². The Morgan fingerprint density at radius 2 is 2.10 bits per heavy atom. The molecule has 0 saturated carbocycles. The maximum atomic E-state index is 12.7. The summed E-state index contributed by atoms with van der Waals surface area (Å²) in [5.74, 6) is -0.00796. The molecule has 4 heteroatoms. The normalized spacial score (nSPS) is 10.9. The van der Waals surface area contributed by atoms with Gasteiger partial charge in [-0.25, -0.2) is 0 Å². The Morgan fingerprint density at radius 3 is 2.85 bits per heavy atom. The quantitative estimate of drug-likeness (QED) is 0.684. The number of carbonyl (C=O) groups excluding carboxylic acids is 1. The summed E-state index contributed by atoms with van der Waals surface area (Å²) in [5, 5.41) is 5.05. The minimum absolute atomic E-state index is 0.00796. The summed E-state index contributed by atoms with van der Waals surface area (Å²) in [6, 6.07) is 9.55. The number of rotatable bonds is 3. The van der Waals surface area contributed by atoms with E-state index in [2.05, 4.69) is 10.1 Å². The summed E-state index contributed by atoms with van der Waals surface area (Å²) < 4.78 is 1.75. The first-order valence-corrected chi connectivity index (χ1v) is 6.62. The van der Waals surface area contributed by atoms with Crippen molar-refractivity contribution < 1.29 is 4.79 Å². The number of hydrogen-bond acceptors (Lipinski definition) is 3. The van der Waals surface area contributed by atoms with Crippen molar-refractivity contribution in [3.63, 3.8) is 0 Å². The van der Waals surface area contributed by atoms with Crippen molar-refractivity contribution in [2.75, 3.05) is 0 Å². The summed E-state index contributed by atoms with van der Waals surface area (Å²) in [7, 11) is 0. The molecule has 0 unspecified atom stereocenters. The van der Waals surface area contributed by atoms with Crippen LogP contribution in [-0.2, 0) is 6.54 Å². The minimum atomic E-state index is -0.00796. The smallest absolute Gasteiger partial charge is 0.196 e. The van der Waals surface area contributed by atoms with E-state index >= 15 is 0 Å². The second-order valence-corrected chi connectivity index (χ2v) is 4.74. The van der Waals surface area contributed by atoms with E-state index in [4.69, 9.17) is 0 Å². The lowest BCUT2D eigenvalue weighted by atomic mass is 10.0. The van der Waals surface area contributed by atoms with Crippen molar-refractivity contribution >= 4 is 16.7 Å². The highest BCUT2D eigenvalue weighted by atomic mass is 16.1. The average molecular weight is 265 g/mol. The number of hydrogen-bond donors (Lipinski definition) is 0. The Labute approximate surface area is 117 Å². The first kappa shape index (κ1) is 12.5. The molecule has 20 heavy (non-hydrogen) atoms. The summed E-state index contributed by atoms with van der Waals surface area (Å²) in [5.41, 5.74) is 2.99. The molecule has 0 atom stereocenters. The number of para-hydroxylation sites is 1. The van der Waals surface area contributed by atoms with Crippen molar-refractivity contribution in [1.29, 1.82) is 0 Å². The van der Waals surface area contributed by atoms with Crippen molar-refractivity contribution in [2.45, 2.75) is 20.4 Å². The largest absolute Gasteiger partial charge is 0.288 e. The van der Waals surface area contributed by atoms with Gasteiger partial charge in [0.2, 0.25) is 0 Å². The Balaban J connectivity index is 2.15. The van der Waals surface area contributed by atoms with Crippen LogP contribution in [-0.4, -0.2) is 20.5 Å². The van der Waals surface area contributed by atoms with Crippen LogP contribution in [0.1, 0.15) is 28.5 Å². The third-order valence-corrected chi connectivity index (χ3v) is 3.31. The second kappa shape index (κ2) is 4.89. The Kier molecular flexibility index (Phi) is 3.06. The van der Waals surface area contributed by atoms with E-state index in [1.807, 2.05) is 44.2 Å². The van der Waals surface area contributed by atoms with Gasteiger partial charge in [-0.15, -0.1) is 0 Å². The van der Waals surface area contributed by atoms with Gasteiger partial charge >= 0.3 is 0 Å². The fourth-order valence-corrected chi connectivity index (χ4v) is 2.30. The molecule has 0 bridgehead atoms. The van der Waals surface area contributed by atoms with Crippen LogP contribution < -0.4 is 0 Å². The molecule has 0 amide bonds. The van der Waals surface area contributed by atoms with Gasteiger partial charge in [0.25, 0.3) is 0 Å². The second-order valence-electron chi connectivity index (χ2n) is 4.74. The summed E-state index contributed by atoms with van der Waals surface area (Å²) in [6.07, 6.45) is 3.41. The van der Waals surface area contributed by atoms with Gasteiger partial charge in [-0.05, 0) is 26.0 Å². The standard InChI is InChI=1S/C16H15N3O/c1-3-19-10-12(9-17-19)16(20)14-8-11(2)18-15-7-5-4-6-13(14)15/h4-10H,3H2,1-2H3. The number of pyridine rings is 1. The van der Waals surface area contributed by atoms with Crippen molar-refractivity contribution in [1.82, 2.24) is 14.8 Å². The van der Waals surface area contributed by atoms with Crippen LogP contribution >= 0.6 is 0 Å². The molecule has 0 aliphatic carbocycles. The van der Waals surface area contributed by atoms with Gasteiger partial charge in [-0.2, -0.15) is 5.10 Å². The molecule has 0 aliphatic heterocycles. The first-order chi connectivity index (χ1) is 9.69. The van der Waals surface area contributed by atoms with Crippen LogP contribution in [0.3, 0.4) is 0 Å². The SMILES string of the molecule is CCn1cc(C(=O)c2cc(C)nc3ccccc23)cn1. The van der Waals surface area contributed by atoms with Crippen LogP contribution in [0.25, 0.3) is 10.9 Å². The van der Waals surface area contributed by atoms with E-state index < -0.39 is 0 Å². The number of carbonyl (C=O) groups is 1. The zero-order chi connectivity index (χ0) is 14.1. The predicted octanol–water partition coefficient (Wildman–Crippen LogP) is 2.99. The summed E-state index contributed by atoms with van der Waals surface area (Å²) in [4.78, 5) is 17.1. The fourth-order valence-electron chi connectivity index (χ4n) is 2.30. The molecule has 2 heterocycles. The Bertz CT molecular complexity index is 789. The van der Waals surface area contributed by atoms with Gasteiger partial charge in [0.1, 0.15) is 0 Å². The summed E-state index contributed by atoms with van der Waals surface area (Å²) >= 11 is 0. The molecular formula is C16H15N3O. The molecule has 0 N–H and O–H groups in total. The third kappa shape index (κ3) is 2.09. The fraction of sp³-hybridized carbons (Fsp3) is 0.188. The minimum Gasteiger partial charge on any atom is -0.288 e. The third-order valence-electron chi connectivity index (χ3n) is 3.31. The van der Waals surface area contributed by atoms with Gasteiger partial charge in [-0.1, -0.05) is 18.2 Å². The number of aromatic nitrogens is 3. The van der Waals surface area contributed by atoms with Gasteiger partial charge < -0.3 is 0 Å². The predicted molar refractivity (Wildman–Crippen MR) is 77.8 cm³/mol. The molecule has 0 fully saturated rings. The average Bonchev–Trinajstić information content (AvgIpc) is 2.94. The molecule has 4 nitrogen and oxygen atoms in total. The zero-order valence-corrected chi connectivity index (χ0v) is 11.5. The molecule has 3 aromatic rings. The molecule has 1 aromatic carbocycles. The van der Waals surface area contributed by atoms with Gasteiger partial charge in [0.15, 0.2) is 5.78 Å². The molecule has 0 aliphatic rings. The van der Waals surface area contributed by atoms with E-state index in [0.717, 1.165) is 23.1 Å². The molecule has 0 saturated heterocycles. The van der Waals surface area contributed by atoms with Crippen LogP contribution in [0.5, 0.6) is 0 Å². The number of nitrogens with zero attached hydrogens (tertiary/aromatic N) is 3. The Hall–Kier alpha value is -2.49. The Morgan fingerprint density at radius 1 is 1.30 bits per heavy atom. The lowest BCUT2D eigenvalue weighted by molar-refractivity contribution is 0.104. The molecule has 100 valence electrons. The first-order valence-electron chi connectivity index (χ1n) is 6.62. The van der Waals surface area contributed by atoms with Crippen molar-refractivity contribution in [3.05, 3.63) is 59.5 Å². The van der Waals surface area contributed by atoms with E-state index in [-0.39, 0.29) is 5.78 Å². The summed E-state index contributed by atoms with van der Waals surface area (Å²) in [6.45, 7) is 4.65. The highest BCUT2D eigenvalue weighted by Crippen LogP contribution is 2.21. The van der Waals surface area contributed by atoms with Gasteiger partial charge in [0, 0.05) is 29.4 Å². The molecule has 2 aromatic heterocycles. The highest BCUT2D eigenvalue weighted by molar-refractivity contribution is 6.15. The number of fused-ring (bicyclic) bond motifs is 1. The molecule has 0 radical (unpaired) electrons. The maximum absolute atomic E-state index is 12.7. The van der Waals surface area contributed by atoms with E-state index in [9.17, 15) is 4.79 Å². The van der Waals surface area contributed by atoms with Crippen molar-refractivity contribution in [2.24, 2.45) is 0 Å². The lowest BCUT2D eigenvalue weighted by Gasteiger charge is -2.05. The van der Waals surface area contributed by atoms with Crippen LogP contribution in [0, 0.1) is 6.92 Å².